The summed E-state index contributed by atoms with van der Waals surface area (Å²) in [6, 6.07) is 3.68. The average Bonchev–Trinajstić information content (AvgIpc) is 3.13. The van der Waals surface area contributed by atoms with Gasteiger partial charge in [-0.2, -0.15) is 0 Å². The minimum absolute atomic E-state index is 0.0695. The predicted octanol–water partition coefficient (Wildman–Crippen LogP) is 3.75. The standard InChI is InChI=1S/C17H16N2O3S2/c1-9-12(4-3-7-18-9)22-15-13-11(17(2,23-15)16(20)21)6-5-10-8-19-24-14(10)13/h3-4,7-8,11H,5-6H2,1-2H3,(H,20,21). The highest BCUT2D eigenvalue weighted by Crippen LogP contribution is 2.58. The number of hydrogen-bond acceptors (Lipinski definition) is 6. The van der Waals surface area contributed by atoms with E-state index in [2.05, 4.69) is 9.36 Å². The molecule has 0 amide bonds. The SMILES string of the molecule is Cc1ncccc1OC1=C2c3sncc3CCC2C(C)(C(=O)O)S1. The summed E-state index contributed by atoms with van der Waals surface area (Å²) in [4.78, 5) is 17.3. The smallest absolute Gasteiger partial charge is 0.320 e. The molecule has 2 aromatic heterocycles. The molecule has 5 nitrogen and oxygen atoms in total. The van der Waals surface area contributed by atoms with E-state index in [1.807, 2.05) is 25.3 Å². The number of pyridine rings is 1. The first kappa shape index (κ1) is 15.7. The maximum atomic E-state index is 12.0. The lowest BCUT2D eigenvalue weighted by Crippen LogP contribution is -2.38. The molecule has 2 atom stereocenters. The maximum absolute atomic E-state index is 12.0. The summed E-state index contributed by atoms with van der Waals surface area (Å²) in [6.07, 6.45) is 5.27. The van der Waals surface area contributed by atoms with Crippen LogP contribution >= 0.6 is 23.3 Å². The zero-order valence-electron chi connectivity index (χ0n) is 13.3. The van der Waals surface area contributed by atoms with E-state index in [-0.39, 0.29) is 5.92 Å². The molecular weight excluding hydrogens is 344 g/mol. The molecular formula is C17H16N2O3S2. The molecule has 4 rings (SSSR count). The van der Waals surface area contributed by atoms with Gasteiger partial charge in [0, 0.05) is 23.9 Å². The van der Waals surface area contributed by atoms with Crippen LogP contribution in [0.25, 0.3) is 5.57 Å². The van der Waals surface area contributed by atoms with Crippen LogP contribution < -0.4 is 4.74 Å². The molecule has 124 valence electrons. The van der Waals surface area contributed by atoms with Crippen molar-refractivity contribution >= 4 is 34.8 Å². The molecule has 1 aliphatic heterocycles. The lowest BCUT2D eigenvalue weighted by atomic mass is 9.77. The number of thioether (sulfide) groups is 1. The van der Waals surface area contributed by atoms with E-state index >= 15 is 0 Å². The van der Waals surface area contributed by atoms with Crippen molar-refractivity contribution in [1.29, 1.82) is 0 Å². The fourth-order valence-electron chi connectivity index (χ4n) is 3.31. The largest absolute Gasteiger partial charge is 0.480 e. The van der Waals surface area contributed by atoms with Crippen LogP contribution in [0.15, 0.2) is 29.6 Å². The highest BCUT2D eigenvalue weighted by atomic mass is 32.2. The zero-order valence-corrected chi connectivity index (χ0v) is 14.9. The molecule has 0 saturated heterocycles. The van der Waals surface area contributed by atoms with Crippen molar-refractivity contribution < 1.29 is 14.6 Å². The molecule has 1 N–H and O–H groups in total. The van der Waals surface area contributed by atoms with Crippen LogP contribution in [0.2, 0.25) is 0 Å². The monoisotopic (exact) mass is 360 g/mol. The number of carboxylic acids is 1. The van der Waals surface area contributed by atoms with Gasteiger partial charge in [0.05, 0.1) is 10.6 Å². The fourth-order valence-corrected chi connectivity index (χ4v) is 5.60. The van der Waals surface area contributed by atoms with Crippen molar-refractivity contribution in [2.24, 2.45) is 5.92 Å². The fraction of sp³-hybridized carbons (Fsp3) is 0.353. The van der Waals surface area contributed by atoms with E-state index in [0.29, 0.717) is 10.8 Å². The summed E-state index contributed by atoms with van der Waals surface area (Å²) in [5.41, 5.74) is 2.97. The van der Waals surface area contributed by atoms with Crippen molar-refractivity contribution in [2.45, 2.75) is 31.4 Å². The maximum Gasteiger partial charge on any atom is 0.320 e. The molecule has 2 aromatic rings. The van der Waals surface area contributed by atoms with E-state index in [4.69, 9.17) is 4.74 Å². The lowest BCUT2D eigenvalue weighted by Gasteiger charge is -2.30. The molecule has 0 fully saturated rings. The molecule has 0 aromatic carbocycles. The Morgan fingerprint density at radius 1 is 1.50 bits per heavy atom. The molecule has 7 heteroatoms. The lowest BCUT2D eigenvalue weighted by molar-refractivity contribution is -0.140. The number of carbonyl (C=O) groups is 1. The number of hydrogen-bond donors (Lipinski definition) is 1. The summed E-state index contributed by atoms with van der Waals surface area (Å²) in [5, 5.41) is 10.5. The Hall–Kier alpha value is -1.86. The summed E-state index contributed by atoms with van der Waals surface area (Å²) >= 11 is 2.73. The molecule has 24 heavy (non-hydrogen) atoms. The van der Waals surface area contributed by atoms with Gasteiger partial charge < -0.3 is 9.84 Å². The van der Waals surface area contributed by atoms with Gasteiger partial charge in [0.25, 0.3) is 0 Å². The Kier molecular flexibility index (Phi) is 3.65. The number of ether oxygens (including phenoxy) is 1. The van der Waals surface area contributed by atoms with Gasteiger partial charge in [0.1, 0.15) is 10.5 Å². The number of allylic oxidation sites excluding steroid dienone is 1. The highest BCUT2D eigenvalue weighted by Gasteiger charge is 2.54. The Morgan fingerprint density at radius 3 is 3.08 bits per heavy atom. The van der Waals surface area contributed by atoms with Gasteiger partial charge in [-0.05, 0) is 55.9 Å². The minimum Gasteiger partial charge on any atom is -0.480 e. The molecule has 1 aliphatic carbocycles. The number of aromatic nitrogens is 2. The van der Waals surface area contributed by atoms with E-state index in [1.165, 1.54) is 28.9 Å². The first-order valence-corrected chi connectivity index (χ1v) is 9.29. The van der Waals surface area contributed by atoms with Crippen LogP contribution in [0.1, 0.15) is 29.5 Å². The van der Waals surface area contributed by atoms with E-state index in [9.17, 15) is 9.90 Å². The number of rotatable bonds is 3. The van der Waals surface area contributed by atoms with Gasteiger partial charge in [-0.3, -0.25) is 9.78 Å². The third-order valence-corrected chi connectivity index (χ3v) is 6.96. The first-order chi connectivity index (χ1) is 11.5. The molecule has 0 saturated carbocycles. The van der Waals surface area contributed by atoms with Crippen molar-refractivity contribution in [3.05, 3.63) is 45.8 Å². The number of carboxylic acid groups (broad SMARTS) is 1. The van der Waals surface area contributed by atoms with Gasteiger partial charge in [-0.25, -0.2) is 4.37 Å². The van der Waals surface area contributed by atoms with E-state index < -0.39 is 10.7 Å². The molecule has 0 radical (unpaired) electrons. The van der Waals surface area contributed by atoms with Crippen LogP contribution in [0.5, 0.6) is 5.75 Å². The van der Waals surface area contributed by atoms with Gasteiger partial charge >= 0.3 is 5.97 Å². The van der Waals surface area contributed by atoms with Crippen LogP contribution in [0, 0.1) is 12.8 Å². The van der Waals surface area contributed by atoms with Gasteiger partial charge in [0.15, 0.2) is 5.09 Å². The van der Waals surface area contributed by atoms with Gasteiger partial charge in [-0.1, -0.05) is 11.8 Å². The van der Waals surface area contributed by atoms with Crippen molar-refractivity contribution in [2.75, 3.05) is 0 Å². The molecule has 3 heterocycles. The number of aryl methyl sites for hydroxylation is 2. The summed E-state index contributed by atoms with van der Waals surface area (Å²) in [5.74, 6) is -0.207. The summed E-state index contributed by atoms with van der Waals surface area (Å²) in [6.45, 7) is 3.68. The van der Waals surface area contributed by atoms with Gasteiger partial charge in [-0.15, -0.1) is 0 Å². The topological polar surface area (TPSA) is 72.3 Å². The van der Waals surface area contributed by atoms with Crippen molar-refractivity contribution in [3.63, 3.8) is 0 Å². The third-order valence-electron chi connectivity index (χ3n) is 4.71. The predicted molar refractivity (Wildman–Crippen MR) is 94.1 cm³/mol. The van der Waals surface area contributed by atoms with Gasteiger partial charge in [0.2, 0.25) is 0 Å². The Morgan fingerprint density at radius 2 is 2.33 bits per heavy atom. The Bertz CT molecular complexity index is 861. The molecule has 0 spiro atoms. The summed E-state index contributed by atoms with van der Waals surface area (Å²) < 4.78 is 9.53. The number of fused-ring (bicyclic) bond motifs is 3. The highest BCUT2D eigenvalue weighted by molar-refractivity contribution is 8.05. The average molecular weight is 360 g/mol. The van der Waals surface area contributed by atoms with E-state index in [1.54, 1.807) is 13.1 Å². The molecule has 2 unspecified atom stereocenters. The van der Waals surface area contributed by atoms with Crippen LogP contribution in [0.4, 0.5) is 0 Å². The Labute approximate surface area is 147 Å². The normalized spacial score (nSPS) is 25.3. The van der Waals surface area contributed by atoms with Crippen LogP contribution in [-0.2, 0) is 11.2 Å². The molecule has 0 bridgehead atoms. The number of aliphatic carboxylic acids is 1. The molecule has 2 aliphatic rings. The van der Waals surface area contributed by atoms with Crippen molar-refractivity contribution in [1.82, 2.24) is 9.36 Å². The Balaban J connectivity index is 1.83. The second-order valence-corrected chi connectivity index (χ2v) is 8.40. The van der Waals surface area contributed by atoms with Crippen LogP contribution in [-0.4, -0.2) is 25.2 Å². The second-order valence-electron chi connectivity index (χ2n) is 6.18. The minimum atomic E-state index is -0.914. The summed E-state index contributed by atoms with van der Waals surface area (Å²) in [7, 11) is 0. The third kappa shape index (κ3) is 2.26. The van der Waals surface area contributed by atoms with Crippen molar-refractivity contribution in [3.8, 4) is 5.75 Å². The van der Waals surface area contributed by atoms with E-state index in [0.717, 1.165) is 29.0 Å². The first-order valence-electron chi connectivity index (χ1n) is 7.70. The number of nitrogens with zero attached hydrogens (tertiary/aromatic N) is 2. The second kappa shape index (κ2) is 5.60. The zero-order chi connectivity index (χ0) is 16.9. The van der Waals surface area contributed by atoms with Crippen LogP contribution in [0.3, 0.4) is 0 Å². The quantitative estimate of drug-likeness (QED) is 0.899.